The number of nitrogens with one attached hydrogen (secondary N) is 2. The maximum atomic E-state index is 13.0. The molecule has 0 fully saturated rings. The zero-order valence-electron chi connectivity index (χ0n) is 21.4. The van der Waals surface area contributed by atoms with Gasteiger partial charge in [0.25, 0.3) is 0 Å². The van der Waals surface area contributed by atoms with Gasteiger partial charge < -0.3 is 24.1 Å². The van der Waals surface area contributed by atoms with Crippen molar-refractivity contribution in [2.75, 3.05) is 50.8 Å². The average Bonchev–Trinajstić information content (AvgIpc) is 2.85. The third-order valence-electron chi connectivity index (χ3n) is 6.00. The highest BCUT2D eigenvalue weighted by Crippen LogP contribution is 2.40. The van der Waals surface area contributed by atoms with E-state index in [1.807, 2.05) is 17.0 Å². The Kier molecular flexibility index (Phi) is 8.65. The summed E-state index contributed by atoms with van der Waals surface area (Å²) in [5.74, 6) is 0.599. The molecule has 0 saturated heterocycles. The summed E-state index contributed by atoms with van der Waals surface area (Å²) in [6, 6.07) is 7.63. The summed E-state index contributed by atoms with van der Waals surface area (Å²) in [4.78, 5) is 10.7. The van der Waals surface area contributed by atoms with Crippen LogP contribution >= 0.6 is 18.7 Å². The summed E-state index contributed by atoms with van der Waals surface area (Å²) in [6.07, 6.45) is 2.15. The van der Waals surface area contributed by atoms with Crippen molar-refractivity contribution >= 4 is 57.7 Å². The highest BCUT2D eigenvalue weighted by atomic mass is 35.5. The van der Waals surface area contributed by atoms with E-state index in [1.54, 1.807) is 7.11 Å². The third kappa shape index (κ3) is 7.36. The fourth-order valence-corrected chi connectivity index (χ4v) is 5.84. The van der Waals surface area contributed by atoms with Gasteiger partial charge in [0.1, 0.15) is 30.3 Å². The number of alkyl halides is 1. The summed E-state index contributed by atoms with van der Waals surface area (Å²) >= 11 is 6.33. The molecule has 0 amide bonds. The summed E-state index contributed by atoms with van der Waals surface area (Å²) in [5.41, 5.74) is 3.07. The van der Waals surface area contributed by atoms with Crippen LogP contribution in [0.1, 0.15) is 11.1 Å². The monoisotopic (exact) mass is 601 g/mol. The summed E-state index contributed by atoms with van der Waals surface area (Å²) in [5, 5.41) is 6.48. The number of fused-ring (bicyclic) bond motifs is 1. The van der Waals surface area contributed by atoms with E-state index < -0.39 is 24.3 Å². The van der Waals surface area contributed by atoms with E-state index in [-0.39, 0.29) is 27.8 Å². The second-order valence-corrected chi connectivity index (χ2v) is 13.7. The van der Waals surface area contributed by atoms with Crippen LogP contribution in [-0.4, -0.2) is 63.5 Å². The molecule has 15 heteroatoms. The molecule has 0 bridgehead atoms. The quantitative estimate of drug-likeness (QED) is 0.248. The van der Waals surface area contributed by atoms with Gasteiger partial charge in [-0.2, -0.15) is 13.4 Å². The summed E-state index contributed by atoms with van der Waals surface area (Å²) < 4.78 is 70.5. The smallest absolute Gasteiger partial charge is 0.488 e. The Morgan fingerprint density at radius 3 is 2.59 bits per heavy atom. The molecular formula is C24H27ClF2N5O5PS. The molecule has 0 saturated carbocycles. The Morgan fingerprint density at radius 2 is 1.92 bits per heavy atom. The van der Waals surface area contributed by atoms with Crippen molar-refractivity contribution in [3.8, 4) is 11.5 Å². The number of rotatable bonds is 10. The first-order valence-electron chi connectivity index (χ1n) is 11.7. The SMILES string of the molecule is COc1cc2c(cc1Nc1ncc(Cl)c(Nc3ccc(OS(=O)(=O)F)cc3P(C)(C)=O)n1)CN(CCF)CC2. The minimum absolute atomic E-state index is 0.152. The van der Waals surface area contributed by atoms with E-state index in [4.69, 9.17) is 16.3 Å². The zero-order valence-corrected chi connectivity index (χ0v) is 23.8. The Balaban J connectivity index is 1.64. The number of benzene rings is 2. The molecule has 1 aromatic heterocycles. The van der Waals surface area contributed by atoms with Gasteiger partial charge in [0.05, 0.1) is 24.7 Å². The Labute approximate surface area is 230 Å². The lowest BCUT2D eigenvalue weighted by Crippen LogP contribution is -2.32. The average molecular weight is 602 g/mol. The van der Waals surface area contributed by atoms with E-state index in [2.05, 4.69) is 24.8 Å². The molecule has 3 aromatic rings. The normalized spacial score (nSPS) is 14.0. The predicted molar refractivity (Wildman–Crippen MR) is 148 cm³/mol. The molecular weight excluding hydrogens is 575 g/mol. The molecule has 39 heavy (non-hydrogen) atoms. The van der Waals surface area contributed by atoms with Crippen molar-refractivity contribution in [1.82, 2.24) is 14.9 Å². The van der Waals surface area contributed by atoms with E-state index >= 15 is 0 Å². The molecule has 2 heterocycles. The van der Waals surface area contributed by atoms with Gasteiger partial charge in [-0.05, 0) is 61.2 Å². The standard InChI is InChI=1S/C24H27ClF2N5O5PS/c1-36-21-11-15-6-8-32(9-7-26)14-16(15)10-20(21)30-24-28-13-18(25)23(31-24)29-19-5-4-17(37-39(27,34)35)12-22(19)38(2,3)33/h4-5,10-13H,6-9,14H2,1-3H3,(H2,28,29,30,31). The molecule has 0 radical (unpaired) electrons. The third-order valence-corrected chi connectivity index (χ3v) is 8.20. The minimum Gasteiger partial charge on any atom is -0.495 e. The topological polar surface area (TPSA) is 123 Å². The van der Waals surface area contributed by atoms with Crippen LogP contribution in [0.4, 0.5) is 31.4 Å². The Morgan fingerprint density at radius 1 is 1.15 bits per heavy atom. The van der Waals surface area contributed by atoms with Crippen LogP contribution in [-0.2, 0) is 28.0 Å². The van der Waals surface area contributed by atoms with Gasteiger partial charge in [-0.1, -0.05) is 15.5 Å². The van der Waals surface area contributed by atoms with Crippen LogP contribution in [0.15, 0.2) is 36.5 Å². The number of hydrogen-bond acceptors (Lipinski definition) is 10. The molecule has 0 unspecified atom stereocenters. The van der Waals surface area contributed by atoms with Crippen LogP contribution in [0.2, 0.25) is 5.02 Å². The van der Waals surface area contributed by atoms with Crippen molar-refractivity contribution in [2.45, 2.75) is 13.0 Å². The van der Waals surface area contributed by atoms with E-state index in [9.17, 15) is 21.3 Å². The molecule has 210 valence electrons. The highest BCUT2D eigenvalue weighted by Gasteiger charge is 2.22. The van der Waals surface area contributed by atoms with Crippen molar-refractivity contribution in [1.29, 1.82) is 0 Å². The molecule has 1 aliphatic heterocycles. The maximum absolute atomic E-state index is 13.0. The number of aromatic nitrogens is 2. The van der Waals surface area contributed by atoms with Crippen molar-refractivity contribution in [2.24, 2.45) is 0 Å². The van der Waals surface area contributed by atoms with Crippen molar-refractivity contribution in [3.63, 3.8) is 0 Å². The first-order valence-corrected chi connectivity index (χ1v) is 16.0. The summed E-state index contributed by atoms with van der Waals surface area (Å²) in [7, 11) is -6.71. The molecule has 2 aromatic carbocycles. The van der Waals surface area contributed by atoms with Gasteiger partial charge in [0, 0.05) is 24.9 Å². The van der Waals surface area contributed by atoms with Gasteiger partial charge in [-0.15, -0.1) is 0 Å². The van der Waals surface area contributed by atoms with Crippen LogP contribution in [0.25, 0.3) is 0 Å². The molecule has 0 spiro atoms. The van der Waals surface area contributed by atoms with Crippen molar-refractivity contribution < 1.29 is 30.2 Å². The molecule has 0 aliphatic carbocycles. The van der Waals surface area contributed by atoms with Gasteiger partial charge in [0.2, 0.25) is 5.95 Å². The molecule has 2 N–H and O–H groups in total. The van der Waals surface area contributed by atoms with E-state index in [0.29, 0.717) is 30.2 Å². The van der Waals surface area contributed by atoms with Crippen molar-refractivity contribution in [3.05, 3.63) is 52.7 Å². The van der Waals surface area contributed by atoms with Crippen LogP contribution in [0.3, 0.4) is 0 Å². The number of halogens is 3. The van der Waals surface area contributed by atoms with Crippen LogP contribution in [0.5, 0.6) is 11.5 Å². The van der Waals surface area contributed by atoms with Crippen LogP contribution in [0, 0.1) is 0 Å². The van der Waals surface area contributed by atoms with Gasteiger partial charge in [-0.3, -0.25) is 4.90 Å². The Hall–Kier alpha value is -2.99. The number of methoxy groups -OCH3 is 1. The Bertz CT molecular complexity index is 1540. The summed E-state index contributed by atoms with van der Waals surface area (Å²) in [6.45, 7) is 4.25. The van der Waals surface area contributed by atoms with E-state index in [0.717, 1.165) is 24.1 Å². The molecule has 1 aliphatic rings. The van der Waals surface area contributed by atoms with Crippen LogP contribution < -0.4 is 24.9 Å². The first kappa shape index (κ1) is 29.0. The number of hydrogen-bond donors (Lipinski definition) is 2. The largest absolute Gasteiger partial charge is 0.495 e. The van der Waals surface area contributed by atoms with E-state index in [1.165, 1.54) is 37.7 Å². The van der Waals surface area contributed by atoms with Gasteiger partial charge in [-0.25, -0.2) is 9.37 Å². The number of ether oxygens (including phenoxy) is 1. The number of anilines is 4. The first-order chi connectivity index (χ1) is 18.4. The molecule has 4 rings (SSSR count). The lowest BCUT2D eigenvalue weighted by molar-refractivity contribution is 0.231. The lowest BCUT2D eigenvalue weighted by atomic mass is 9.98. The number of nitrogens with zero attached hydrogens (tertiary/aromatic N) is 3. The van der Waals surface area contributed by atoms with Gasteiger partial charge in [0.15, 0.2) is 5.82 Å². The highest BCUT2D eigenvalue weighted by molar-refractivity contribution is 7.81. The van der Waals surface area contributed by atoms with Gasteiger partial charge >= 0.3 is 10.5 Å². The lowest BCUT2D eigenvalue weighted by Gasteiger charge is -2.28. The fraction of sp³-hybridized carbons (Fsp3) is 0.333. The maximum Gasteiger partial charge on any atom is 0.488 e. The minimum atomic E-state index is -5.26. The fourth-order valence-electron chi connectivity index (χ4n) is 4.21. The molecule has 0 atom stereocenters. The second-order valence-electron chi connectivity index (χ2n) is 9.18. The zero-order chi connectivity index (χ0) is 28.4. The molecule has 10 nitrogen and oxygen atoms in total. The second kappa shape index (κ2) is 11.6. The predicted octanol–water partition coefficient (Wildman–Crippen LogP) is 4.79.